The molecule has 1 aliphatic carbocycles. The summed E-state index contributed by atoms with van der Waals surface area (Å²) in [7, 11) is 1.99. The number of anilines is 1. The highest BCUT2D eigenvalue weighted by Crippen LogP contribution is 2.32. The van der Waals surface area contributed by atoms with Crippen LogP contribution < -0.4 is 10.2 Å². The molecule has 0 aromatic carbocycles. The van der Waals surface area contributed by atoms with Crippen molar-refractivity contribution in [2.75, 3.05) is 25.1 Å². The van der Waals surface area contributed by atoms with E-state index in [0.717, 1.165) is 19.0 Å². The first-order valence-electron chi connectivity index (χ1n) is 7.31. The number of morpholine rings is 1. The average molecular weight is 261 g/mol. The molecule has 0 amide bonds. The first kappa shape index (κ1) is 12.9. The molecule has 1 saturated carbocycles. The molecule has 1 N–H and O–H groups in total. The van der Waals surface area contributed by atoms with E-state index in [1.54, 1.807) is 0 Å². The molecule has 0 bridgehead atoms. The van der Waals surface area contributed by atoms with Gasteiger partial charge in [0.15, 0.2) is 0 Å². The fourth-order valence-electron chi connectivity index (χ4n) is 3.24. The summed E-state index contributed by atoms with van der Waals surface area (Å²) in [6.45, 7) is 3.97. The van der Waals surface area contributed by atoms with Crippen molar-refractivity contribution in [1.82, 2.24) is 10.3 Å². The normalized spacial score (nSPS) is 28.2. The number of nitrogens with zero attached hydrogens (tertiary/aromatic N) is 2. The zero-order valence-electron chi connectivity index (χ0n) is 11.8. The Morgan fingerprint density at radius 2 is 2.37 bits per heavy atom. The van der Waals surface area contributed by atoms with Crippen molar-refractivity contribution in [2.45, 2.75) is 44.4 Å². The van der Waals surface area contributed by atoms with Gasteiger partial charge in [-0.25, -0.2) is 4.98 Å². The molecule has 1 aliphatic heterocycles. The van der Waals surface area contributed by atoms with E-state index in [2.05, 4.69) is 34.3 Å². The summed E-state index contributed by atoms with van der Waals surface area (Å²) >= 11 is 0. The fraction of sp³-hybridized carbons (Fsp3) is 0.667. The van der Waals surface area contributed by atoms with Crippen molar-refractivity contribution in [3.8, 4) is 0 Å². The predicted octanol–water partition coefficient (Wildman–Crippen LogP) is 2.12. The van der Waals surface area contributed by atoms with E-state index >= 15 is 0 Å². The van der Waals surface area contributed by atoms with Gasteiger partial charge < -0.3 is 15.0 Å². The van der Waals surface area contributed by atoms with Crippen molar-refractivity contribution < 1.29 is 4.74 Å². The summed E-state index contributed by atoms with van der Waals surface area (Å²) < 4.78 is 5.87. The molecule has 3 atom stereocenters. The minimum Gasteiger partial charge on any atom is -0.374 e. The van der Waals surface area contributed by atoms with Crippen LogP contribution in [0.3, 0.4) is 0 Å². The van der Waals surface area contributed by atoms with E-state index in [-0.39, 0.29) is 0 Å². The largest absolute Gasteiger partial charge is 0.374 e. The Balaban J connectivity index is 1.84. The maximum absolute atomic E-state index is 5.87. The highest BCUT2D eigenvalue weighted by molar-refractivity contribution is 5.44. The summed E-state index contributed by atoms with van der Waals surface area (Å²) in [5, 5.41) is 3.29. The Morgan fingerprint density at radius 3 is 3.21 bits per heavy atom. The van der Waals surface area contributed by atoms with Crippen LogP contribution in [0.25, 0.3) is 0 Å². The molecule has 2 aliphatic rings. The monoisotopic (exact) mass is 261 g/mol. The van der Waals surface area contributed by atoms with Crippen LogP contribution in [0.4, 0.5) is 5.82 Å². The van der Waals surface area contributed by atoms with E-state index in [9.17, 15) is 0 Å². The van der Waals surface area contributed by atoms with Gasteiger partial charge in [-0.3, -0.25) is 0 Å². The van der Waals surface area contributed by atoms with Crippen molar-refractivity contribution in [3.05, 3.63) is 23.9 Å². The fourth-order valence-corrected chi connectivity index (χ4v) is 3.24. The molecule has 3 rings (SSSR count). The molecule has 104 valence electrons. The van der Waals surface area contributed by atoms with Crippen LogP contribution in [0.5, 0.6) is 0 Å². The number of aromatic nitrogens is 1. The Bertz CT molecular complexity index is 437. The topological polar surface area (TPSA) is 37.4 Å². The molecule has 0 radical (unpaired) electrons. The minimum atomic E-state index is 0.363. The molecule has 2 heterocycles. The Hall–Kier alpha value is -1.13. The van der Waals surface area contributed by atoms with Gasteiger partial charge in [0.2, 0.25) is 0 Å². The smallest absolute Gasteiger partial charge is 0.129 e. The van der Waals surface area contributed by atoms with Crippen LogP contribution in [0, 0.1) is 0 Å². The van der Waals surface area contributed by atoms with Gasteiger partial charge in [0, 0.05) is 18.8 Å². The van der Waals surface area contributed by atoms with Gasteiger partial charge >= 0.3 is 0 Å². The first-order chi connectivity index (χ1) is 9.29. The van der Waals surface area contributed by atoms with Gasteiger partial charge in [-0.15, -0.1) is 0 Å². The Labute approximate surface area is 115 Å². The van der Waals surface area contributed by atoms with E-state index in [1.165, 1.54) is 24.8 Å². The molecule has 3 unspecified atom stereocenters. The van der Waals surface area contributed by atoms with E-state index in [0.29, 0.717) is 18.2 Å². The average Bonchev–Trinajstić information content (AvgIpc) is 2.94. The number of fused-ring (bicyclic) bond motifs is 1. The molecular weight excluding hydrogens is 238 g/mol. The summed E-state index contributed by atoms with van der Waals surface area (Å²) in [5.41, 5.74) is 1.30. The van der Waals surface area contributed by atoms with E-state index < -0.39 is 0 Å². The molecule has 4 heteroatoms. The van der Waals surface area contributed by atoms with E-state index in [1.807, 2.05) is 13.2 Å². The lowest BCUT2D eigenvalue weighted by atomic mass is 10.1. The van der Waals surface area contributed by atoms with Crippen LogP contribution in [0.1, 0.15) is 37.8 Å². The van der Waals surface area contributed by atoms with Crippen molar-refractivity contribution in [1.29, 1.82) is 0 Å². The SMILES string of the molecule is CNC(C)c1ccnc(N2CCOC3CCCC32)c1. The van der Waals surface area contributed by atoms with Crippen LogP contribution in [0.2, 0.25) is 0 Å². The number of rotatable bonds is 3. The summed E-state index contributed by atoms with van der Waals surface area (Å²) in [6, 6.07) is 5.21. The summed E-state index contributed by atoms with van der Waals surface area (Å²) in [6.07, 6.45) is 6.06. The third-order valence-electron chi connectivity index (χ3n) is 4.48. The number of hydrogen-bond donors (Lipinski definition) is 1. The minimum absolute atomic E-state index is 0.363. The third-order valence-corrected chi connectivity index (χ3v) is 4.48. The second-order valence-electron chi connectivity index (χ2n) is 5.56. The van der Waals surface area contributed by atoms with E-state index in [4.69, 9.17) is 4.74 Å². The standard InChI is InChI=1S/C15H23N3O/c1-11(16-2)12-6-7-17-15(10-12)18-8-9-19-14-5-3-4-13(14)18/h6-7,10-11,13-14,16H,3-5,8-9H2,1-2H3. The lowest BCUT2D eigenvalue weighted by molar-refractivity contribution is 0.0253. The number of pyridine rings is 1. The van der Waals surface area contributed by atoms with Gasteiger partial charge in [0.25, 0.3) is 0 Å². The first-order valence-corrected chi connectivity index (χ1v) is 7.31. The van der Waals surface area contributed by atoms with Gasteiger partial charge in [0.05, 0.1) is 18.8 Å². The van der Waals surface area contributed by atoms with Gasteiger partial charge in [0.1, 0.15) is 5.82 Å². The van der Waals surface area contributed by atoms with Crippen molar-refractivity contribution in [3.63, 3.8) is 0 Å². The van der Waals surface area contributed by atoms with Crippen LogP contribution in [-0.2, 0) is 4.74 Å². The molecule has 1 saturated heterocycles. The molecule has 1 aromatic heterocycles. The molecule has 4 nitrogen and oxygen atoms in total. The number of hydrogen-bond acceptors (Lipinski definition) is 4. The quantitative estimate of drug-likeness (QED) is 0.904. The maximum Gasteiger partial charge on any atom is 0.129 e. The Morgan fingerprint density at radius 1 is 1.47 bits per heavy atom. The number of ether oxygens (including phenoxy) is 1. The van der Waals surface area contributed by atoms with Crippen LogP contribution in [-0.4, -0.2) is 37.3 Å². The maximum atomic E-state index is 5.87. The van der Waals surface area contributed by atoms with Crippen molar-refractivity contribution >= 4 is 5.82 Å². The number of nitrogens with one attached hydrogen (secondary N) is 1. The van der Waals surface area contributed by atoms with Crippen molar-refractivity contribution in [2.24, 2.45) is 0 Å². The highest BCUT2D eigenvalue weighted by Gasteiger charge is 2.36. The van der Waals surface area contributed by atoms with Gasteiger partial charge in [-0.1, -0.05) is 0 Å². The molecule has 1 aromatic rings. The predicted molar refractivity (Wildman–Crippen MR) is 76.4 cm³/mol. The summed E-state index contributed by atoms with van der Waals surface area (Å²) in [5.74, 6) is 1.11. The molecule has 2 fully saturated rings. The van der Waals surface area contributed by atoms with Gasteiger partial charge in [-0.05, 0) is 50.9 Å². The zero-order chi connectivity index (χ0) is 13.2. The lowest BCUT2D eigenvalue weighted by Gasteiger charge is -2.38. The molecular formula is C15H23N3O. The van der Waals surface area contributed by atoms with Gasteiger partial charge in [-0.2, -0.15) is 0 Å². The van der Waals surface area contributed by atoms with Crippen LogP contribution >= 0.6 is 0 Å². The summed E-state index contributed by atoms with van der Waals surface area (Å²) in [4.78, 5) is 7.03. The zero-order valence-corrected chi connectivity index (χ0v) is 11.8. The molecule has 0 spiro atoms. The lowest BCUT2D eigenvalue weighted by Crippen LogP contribution is -2.49. The highest BCUT2D eigenvalue weighted by atomic mass is 16.5. The Kier molecular flexibility index (Phi) is 3.71. The third kappa shape index (κ3) is 2.47. The second-order valence-corrected chi connectivity index (χ2v) is 5.56. The second kappa shape index (κ2) is 5.47. The molecule has 19 heavy (non-hydrogen) atoms. The van der Waals surface area contributed by atoms with Crippen LogP contribution in [0.15, 0.2) is 18.3 Å².